The largest absolute Gasteiger partial charge is 0.481 e. The fraction of sp³-hybridized carbons (Fsp3) is 0.522. The minimum Gasteiger partial charge on any atom is -0.481 e. The van der Waals surface area contributed by atoms with E-state index in [2.05, 4.69) is 16.0 Å². The molecule has 4 unspecified atom stereocenters. The van der Waals surface area contributed by atoms with Crippen molar-refractivity contribution in [1.82, 2.24) is 16.0 Å². The van der Waals surface area contributed by atoms with Gasteiger partial charge in [-0.1, -0.05) is 44.2 Å². The first-order valence-corrected chi connectivity index (χ1v) is 12.5. The molecule has 12 heteroatoms. The number of nitrogens with two attached hydrogens (primary N) is 1. The van der Waals surface area contributed by atoms with Crippen LogP contribution in [0.4, 0.5) is 0 Å². The molecule has 3 amide bonds. The van der Waals surface area contributed by atoms with E-state index in [1.54, 1.807) is 13.8 Å². The first kappa shape index (κ1) is 29.9. The van der Waals surface area contributed by atoms with Crippen LogP contribution in [0.2, 0.25) is 0 Å². The average molecular weight is 511 g/mol. The molecule has 0 spiro atoms. The molecule has 0 aromatic heterocycles. The van der Waals surface area contributed by atoms with Gasteiger partial charge < -0.3 is 31.9 Å². The van der Waals surface area contributed by atoms with Gasteiger partial charge in [-0.25, -0.2) is 4.79 Å². The van der Waals surface area contributed by atoms with E-state index in [0.29, 0.717) is 5.75 Å². The fourth-order valence-corrected chi connectivity index (χ4v) is 3.64. The Morgan fingerprint density at radius 3 is 2.00 bits per heavy atom. The predicted molar refractivity (Wildman–Crippen MR) is 132 cm³/mol. The van der Waals surface area contributed by atoms with E-state index in [1.807, 2.05) is 36.6 Å². The highest BCUT2D eigenvalue weighted by atomic mass is 32.2. The lowest BCUT2D eigenvalue weighted by Crippen LogP contribution is -2.58. The molecule has 0 saturated heterocycles. The first-order chi connectivity index (χ1) is 16.5. The van der Waals surface area contributed by atoms with Gasteiger partial charge in [-0.05, 0) is 36.3 Å². The molecule has 1 aromatic carbocycles. The van der Waals surface area contributed by atoms with Gasteiger partial charge in [0.15, 0.2) is 0 Å². The number of nitrogens with one attached hydrogen (secondary N) is 3. The van der Waals surface area contributed by atoms with Gasteiger partial charge in [0.25, 0.3) is 0 Å². The van der Waals surface area contributed by atoms with E-state index in [9.17, 15) is 34.2 Å². The molecule has 35 heavy (non-hydrogen) atoms. The maximum atomic E-state index is 13.0. The van der Waals surface area contributed by atoms with Gasteiger partial charge in [-0.2, -0.15) is 11.8 Å². The van der Waals surface area contributed by atoms with Crippen LogP contribution in [-0.2, 0) is 30.4 Å². The topological polar surface area (TPSA) is 188 Å². The average Bonchev–Trinajstić information content (AvgIpc) is 2.79. The first-order valence-electron chi connectivity index (χ1n) is 11.1. The van der Waals surface area contributed by atoms with Crippen LogP contribution in [0.5, 0.6) is 0 Å². The smallest absolute Gasteiger partial charge is 0.326 e. The minimum atomic E-state index is -1.53. The summed E-state index contributed by atoms with van der Waals surface area (Å²) in [5.74, 6) is -4.91. The van der Waals surface area contributed by atoms with E-state index in [1.165, 1.54) is 11.8 Å². The molecule has 0 aliphatic rings. The highest BCUT2D eigenvalue weighted by Gasteiger charge is 2.32. The monoisotopic (exact) mass is 510 g/mol. The van der Waals surface area contributed by atoms with E-state index in [0.717, 1.165) is 5.56 Å². The lowest BCUT2D eigenvalue weighted by Gasteiger charge is -2.25. The maximum absolute atomic E-state index is 13.0. The molecule has 1 rings (SSSR count). The van der Waals surface area contributed by atoms with Crippen LogP contribution in [0.15, 0.2) is 30.3 Å². The van der Waals surface area contributed by atoms with Crippen molar-refractivity contribution in [3.8, 4) is 0 Å². The van der Waals surface area contributed by atoms with Crippen LogP contribution in [0.25, 0.3) is 0 Å². The van der Waals surface area contributed by atoms with Gasteiger partial charge in [0.2, 0.25) is 17.7 Å². The number of aliphatic carboxylic acids is 2. The summed E-state index contributed by atoms with van der Waals surface area (Å²) < 4.78 is 0. The van der Waals surface area contributed by atoms with Crippen molar-refractivity contribution < 1.29 is 34.2 Å². The second-order valence-electron chi connectivity index (χ2n) is 8.37. The molecular weight excluding hydrogens is 476 g/mol. The zero-order valence-corrected chi connectivity index (χ0v) is 20.8. The van der Waals surface area contributed by atoms with Gasteiger partial charge >= 0.3 is 11.9 Å². The zero-order valence-electron chi connectivity index (χ0n) is 20.0. The number of carboxylic acid groups (broad SMARTS) is 2. The highest BCUT2D eigenvalue weighted by molar-refractivity contribution is 7.98. The van der Waals surface area contributed by atoms with E-state index in [4.69, 9.17) is 5.73 Å². The van der Waals surface area contributed by atoms with Crippen LogP contribution in [0.3, 0.4) is 0 Å². The van der Waals surface area contributed by atoms with Crippen molar-refractivity contribution in [2.45, 2.75) is 57.3 Å². The Balaban J connectivity index is 2.94. The van der Waals surface area contributed by atoms with Gasteiger partial charge in [0.1, 0.15) is 18.1 Å². The number of rotatable bonds is 15. The number of carbonyl (C=O) groups is 5. The number of carboxylic acids is 2. The van der Waals surface area contributed by atoms with Crippen molar-refractivity contribution in [3.05, 3.63) is 35.9 Å². The summed E-state index contributed by atoms with van der Waals surface area (Å²) in [5.41, 5.74) is 6.85. The lowest BCUT2D eigenvalue weighted by molar-refractivity contribution is -0.144. The Morgan fingerprint density at radius 1 is 0.914 bits per heavy atom. The molecule has 0 fully saturated rings. The third kappa shape index (κ3) is 10.8. The number of hydrogen-bond acceptors (Lipinski definition) is 7. The van der Waals surface area contributed by atoms with Crippen LogP contribution < -0.4 is 21.7 Å². The standard InChI is InChI=1S/C23H34N4O7S/c1-13(2)19(23(33)34)27-22(32)17(12-18(28)29)26-21(31)16(9-10-35-3)25-20(30)15(24)11-14-7-5-4-6-8-14/h4-8,13,15-17,19H,9-12,24H2,1-3H3,(H,25,30)(H,26,31)(H,27,32)(H,28,29)(H,33,34). The van der Waals surface area contributed by atoms with Gasteiger partial charge in [0.05, 0.1) is 12.5 Å². The van der Waals surface area contributed by atoms with Crippen LogP contribution >= 0.6 is 11.8 Å². The summed E-state index contributed by atoms with van der Waals surface area (Å²) in [7, 11) is 0. The molecule has 0 saturated carbocycles. The minimum absolute atomic E-state index is 0.210. The summed E-state index contributed by atoms with van der Waals surface area (Å²) >= 11 is 1.43. The zero-order chi connectivity index (χ0) is 26.5. The Kier molecular flexibility index (Phi) is 12.8. The van der Waals surface area contributed by atoms with Crippen molar-refractivity contribution in [2.24, 2.45) is 11.7 Å². The van der Waals surface area contributed by atoms with Crippen LogP contribution in [0, 0.1) is 5.92 Å². The predicted octanol–water partition coefficient (Wildman–Crippen LogP) is -0.0208. The third-order valence-electron chi connectivity index (χ3n) is 5.12. The summed E-state index contributed by atoms with van der Waals surface area (Å²) in [6, 6.07) is 4.31. The third-order valence-corrected chi connectivity index (χ3v) is 5.76. The lowest BCUT2D eigenvalue weighted by atomic mass is 10.0. The number of amides is 3. The van der Waals surface area contributed by atoms with E-state index < -0.39 is 66.2 Å². The van der Waals surface area contributed by atoms with Gasteiger partial charge in [-0.15, -0.1) is 0 Å². The summed E-state index contributed by atoms with van der Waals surface area (Å²) in [5, 5.41) is 25.7. The maximum Gasteiger partial charge on any atom is 0.326 e. The fourth-order valence-electron chi connectivity index (χ4n) is 3.17. The van der Waals surface area contributed by atoms with Crippen molar-refractivity contribution in [2.75, 3.05) is 12.0 Å². The SMILES string of the molecule is CSCCC(NC(=O)C(N)Cc1ccccc1)C(=O)NC(CC(=O)O)C(=O)NC(C(=O)O)C(C)C. The van der Waals surface area contributed by atoms with Crippen molar-refractivity contribution >= 4 is 41.4 Å². The van der Waals surface area contributed by atoms with Gasteiger partial charge in [0, 0.05) is 0 Å². The van der Waals surface area contributed by atoms with Crippen molar-refractivity contribution in [1.29, 1.82) is 0 Å². The quantitative estimate of drug-likeness (QED) is 0.188. The molecule has 0 bridgehead atoms. The molecule has 194 valence electrons. The van der Waals surface area contributed by atoms with E-state index in [-0.39, 0.29) is 12.8 Å². The molecular formula is C23H34N4O7S. The number of thioether (sulfide) groups is 1. The molecule has 0 aliphatic carbocycles. The molecule has 0 aliphatic heterocycles. The summed E-state index contributed by atoms with van der Waals surface area (Å²) in [4.78, 5) is 60.9. The number of carbonyl (C=O) groups excluding carboxylic acids is 3. The van der Waals surface area contributed by atoms with E-state index >= 15 is 0 Å². The van der Waals surface area contributed by atoms with Crippen LogP contribution in [0.1, 0.15) is 32.3 Å². The Hall–Kier alpha value is -3.12. The summed E-state index contributed by atoms with van der Waals surface area (Å²) in [6.45, 7) is 3.16. The highest BCUT2D eigenvalue weighted by Crippen LogP contribution is 2.07. The second kappa shape index (κ2) is 15.0. The molecule has 0 radical (unpaired) electrons. The molecule has 4 atom stereocenters. The number of benzene rings is 1. The molecule has 0 heterocycles. The second-order valence-corrected chi connectivity index (χ2v) is 9.35. The molecule has 7 N–H and O–H groups in total. The van der Waals surface area contributed by atoms with Crippen LogP contribution in [-0.4, -0.2) is 76.0 Å². The molecule has 1 aromatic rings. The Morgan fingerprint density at radius 2 is 1.49 bits per heavy atom. The van der Waals surface area contributed by atoms with Crippen molar-refractivity contribution in [3.63, 3.8) is 0 Å². The van der Waals surface area contributed by atoms with Gasteiger partial charge in [-0.3, -0.25) is 19.2 Å². The Bertz CT molecular complexity index is 882. The molecule has 11 nitrogen and oxygen atoms in total. The Labute approximate surface area is 208 Å². The normalized spacial score (nSPS) is 14.3. The number of hydrogen-bond donors (Lipinski definition) is 6. The summed E-state index contributed by atoms with van der Waals surface area (Å²) in [6.07, 6.45) is 1.51.